The van der Waals surface area contributed by atoms with E-state index in [0.29, 0.717) is 12.8 Å². The van der Waals surface area contributed by atoms with Crippen molar-refractivity contribution >= 4 is 5.78 Å². The molecule has 0 aromatic heterocycles. The molecule has 0 bridgehead atoms. The van der Waals surface area contributed by atoms with Crippen molar-refractivity contribution < 1.29 is 19.9 Å². The SMILES string of the molecule is CC1(C)CC(O)CC(C)(C)N1OC1C(=O)CC(C)(C)N(O)C1(C)C. The molecule has 0 saturated carbocycles. The molecule has 2 rings (SSSR count). The van der Waals surface area contributed by atoms with Gasteiger partial charge in [0.15, 0.2) is 11.9 Å². The molecular weight excluding hydrogens is 308 g/mol. The highest BCUT2D eigenvalue weighted by atomic mass is 16.7. The monoisotopic (exact) mass is 342 g/mol. The van der Waals surface area contributed by atoms with Crippen molar-refractivity contribution in [3.8, 4) is 0 Å². The first kappa shape index (κ1) is 19.8. The van der Waals surface area contributed by atoms with Crippen LogP contribution < -0.4 is 0 Å². The number of hydrogen-bond donors (Lipinski definition) is 2. The zero-order chi connectivity index (χ0) is 18.7. The average Bonchev–Trinajstić information content (AvgIpc) is 2.32. The normalized spacial score (nSPS) is 33.6. The molecule has 2 fully saturated rings. The van der Waals surface area contributed by atoms with Gasteiger partial charge in [0.2, 0.25) is 0 Å². The Balaban J connectivity index is 2.33. The zero-order valence-corrected chi connectivity index (χ0v) is 16.4. The molecule has 2 N–H and O–H groups in total. The van der Waals surface area contributed by atoms with Crippen LogP contribution in [0.15, 0.2) is 0 Å². The molecule has 2 heterocycles. The molecular formula is C18H34N2O4. The summed E-state index contributed by atoms with van der Waals surface area (Å²) >= 11 is 0. The van der Waals surface area contributed by atoms with Gasteiger partial charge in [0.25, 0.3) is 0 Å². The minimum Gasteiger partial charge on any atom is -0.393 e. The second kappa shape index (κ2) is 5.74. The second-order valence-corrected chi connectivity index (χ2v) is 9.89. The number of carbonyl (C=O) groups is 1. The first-order valence-corrected chi connectivity index (χ1v) is 8.78. The highest BCUT2D eigenvalue weighted by molar-refractivity contribution is 5.86. The molecule has 6 nitrogen and oxygen atoms in total. The van der Waals surface area contributed by atoms with Crippen molar-refractivity contribution in [1.29, 1.82) is 0 Å². The summed E-state index contributed by atoms with van der Waals surface area (Å²) in [5.41, 5.74) is -2.29. The van der Waals surface area contributed by atoms with Gasteiger partial charge in [0.05, 0.1) is 11.6 Å². The Hall–Kier alpha value is -0.530. The summed E-state index contributed by atoms with van der Waals surface area (Å²) in [5.74, 6) is -0.00646. The van der Waals surface area contributed by atoms with Gasteiger partial charge < -0.3 is 10.3 Å². The number of nitrogens with zero attached hydrogens (tertiary/aromatic N) is 2. The van der Waals surface area contributed by atoms with E-state index >= 15 is 0 Å². The molecule has 0 aromatic carbocycles. The number of hydrogen-bond acceptors (Lipinski definition) is 6. The summed E-state index contributed by atoms with van der Waals surface area (Å²) < 4.78 is 0. The summed E-state index contributed by atoms with van der Waals surface area (Å²) in [4.78, 5) is 19.1. The van der Waals surface area contributed by atoms with Gasteiger partial charge in [-0.1, -0.05) is 0 Å². The number of aliphatic hydroxyl groups is 1. The molecule has 1 atom stereocenters. The summed E-state index contributed by atoms with van der Waals surface area (Å²) in [6.45, 7) is 15.4. The minimum absolute atomic E-state index is 0.00646. The van der Waals surface area contributed by atoms with Crippen LogP contribution in [0.25, 0.3) is 0 Å². The number of Topliss-reactive ketones (excluding diaryl/α,β-unsaturated/α-hetero) is 1. The van der Waals surface area contributed by atoms with Gasteiger partial charge in [-0.25, -0.2) is 0 Å². The third-order valence-electron chi connectivity index (χ3n) is 5.44. The number of rotatable bonds is 2. The number of hydroxylamine groups is 4. The molecule has 0 radical (unpaired) electrons. The topological polar surface area (TPSA) is 73.2 Å². The number of carbonyl (C=O) groups excluding carboxylic acids is 1. The fraction of sp³-hybridized carbons (Fsp3) is 0.944. The number of piperidine rings is 2. The molecule has 0 spiro atoms. The number of aliphatic hydroxyl groups excluding tert-OH is 1. The minimum atomic E-state index is -0.846. The summed E-state index contributed by atoms with van der Waals surface area (Å²) in [6.07, 6.45) is 0.232. The predicted octanol–water partition coefficient (Wildman–Crippen LogP) is 2.52. The van der Waals surface area contributed by atoms with Gasteiger partial charge >= 0.3 is 0 Å². The lowest BCUT2D eigenvalue weighted by molar-refractivity contribution is -0.349. The Morgan fingerprint density at radius 3 is 1.88 bits per heavy atom. The van der Waals surface area contributed by atoms with Gasteiger partial charge in [0.1, 0.15) is 0 Å². The first-order chi connectivity index (χ1) is 10.6. The zero-order valence-electron chi connectivity index (χ0n) is 16.4. The molecule has 2 aliphatic heterocycles. The molecule has 0 aliphatic carbocycles. The molecule has 24 heavy (non-hydrogen) atoms. The highest BCUT2D eigenvalue weighted by Crippen LogP contribution is 2.43. The molecule has 0 amide bonds. The van der Waals surface area contributed by atoms with E-state index in [1.807, 2.05) is 60.5 Å². The van der Waals surface area contributed by atoms with Crippen LogP contribution >= 0.6 is 0 Å². The maximum Gasteiger partial charge on any atom is 0.167 e. The van der Waals surface area contributed by atoms with E-state index in [1.165, 1.54) is 5.06 Å². The maximum absolute atomic E-state index is 12.8. The van der Waals surface area contributed by atoms with Crippen LogP contribution in [-0.4, -0.2) is 60.6 Å². The van der Waals surface area contributed by atoms with E-state index in [1.54, 1.807) is 0 Å². The third kappa shape index (κ3) is 3.27. The number of ketones is 1. The standard InChI is InChI=1S/C18H34N2O4/c1-15(2)11-13(22)14(18(7,8)19(15)23)24-20-16(3,4)9-12(21)10-17(20,5)6/h12,14,21,23H,9-11H2,1-8H3. The fourth-order valence-electron chi connectivity index (χ4n) is 4.67. The molecule has 140 valence electrons. The van der Waals surface area contributed by atoms with E-state index in [2.05, 4.69) is 0 Å². The van der Waals surface area contributed by atoms with E-state index in [9.17, 15) is 15.1 Å². The summed E-state index contributed by atoms with van der Waals surface area (Å²) in [7, 11) is 0. The van der Waals surface area contributed by atoms with Crippen molar-refractivity contribution in [3.05, 3.63) is 0 Å². The van der Waals surface area contributed by atoms with Crippen LogP contribution in [0.2, 0.25) is 0 Å². The largest absolute Gasteiger partial charge is 0.393 e. The van der Waals surface area contributed by atoms with Crippen molar-refractivity contribution in [3.63, 3.8) is 0 Å². The van der Waals surface area contributed by atoms with Crippen LogP contribution in [0.5, 0.6) is 0 Å². The van der Waals surface area contributed by atoms with E-state index < -0.39 is 34.4 Å². The Morgan fingerprint density at radius 1 is 0.958 bits per heavy atom. The van der Waals surface area contributed by atoms with Crippen LogP contribution in [0, 0.1) is 0 Å². The lowest BCUT2D eigenvalue weighted by atomic mass is 9.78. The van der Waals surface area contributed by atoms with E-state index in [-0.39, 0.29) is 12.2 Å². The molecule has 0 aromatic rings. The van der Waals surface area contributed by atoms with Crippen molar-refractivity contribution in [2.24, 2.45) is 0 Å². The van der Waals surface area contributed by atoms with Crippen LogP contribution in [0.1, 0.15) is 74.7 Å². The fourth-order valence-corrected chi connectivity index (χ4v) is 4.67. The molecule has 2 aliphatic rings. The smallest absolute Gasteiger partial charge is 0.167 e. The third-order valence-corrected chi connectivity index (χ3v) is 5.44. The average molecular weight is 342 g/mol. The maximum atomic E-state index is 12.8. The second-order valence-electron chi connectivity index (χ2n) is 9.89. The van der Waals surface area contributed by atoms with Gasteiger partial charge in [-0.2, -0.15) is 10.1 Å². The van der Waals surface area contributed by atoms with Gasteiger partial charge in [0, 0.05) is 23.0 Å². The van der Waals surface area contributed by atoms with E-state index in [0.717, 1.165) is 0 Å². The van der Waals surface area contributed by atoms with Crippen molar-refractivity contribution in [1.82, 2.24) is 10.1 Å². The van der Waals surface area contributed by atoms with Crippen LogP contribution in [-0.2, 0) is 9.63 Å². The molecule has 6 heteroatoms. The van der Waals surface area contributed by atoms with Crippen molar-refractivity contribution in [2.75, 3.05) is 0 Å². The van der Waals surface area contributed by atoms with Gasteiger partial charge in [-0.05, 0) is 68.2 Å². The molecule has 1 unspecified atom stereocenters. The van der Waals surface area contributed by atoms with Crippen LogP contribution in [0.3, 0.4) is 0 Å². The Kier molecular flexibility index (Phi) is 4.74. The lowest BCUT2D eigenvalue weighted by Crippen LogP contribution is -2.71. The summed E-state index contributed by atoms with van der Waals surface area (Å²) in [6, 6.07) is 0. The first-order valence-electron chi connectivity index (χ1n) is 8.78. The van der Waals surface area contributed by atoms with E-state index in [4.69, 9.17) is 4.84 Å². The highest BCUT2D eigenvalue weighted by Gasteiger charge is 2.56. The molecule has 2 saturated heterocycles. The van der Waals surface area contributed by atoms with Gasteiger partial charge in [-0.3, -0.25) is 9.63 Å². The predicted molar refractivity (Wildman–Crippen MR) is 91.5 cm³/mol. The van der Waals surface area contributed by atoms with Gasteiger partial charge in [-0.15, -0.1) is 0 Å². The Labute approximate surface area is 145 Å². The van der Waals surface area contributed by atoms with Crippen LogP contribution in [0.4, 0.5) is 0 Å². The Bertz CT molecular complexity index is 495. The quantitative estimate of drug-likeness (QED) is 0.803. The van der Waals surface area contributed by atoms with Crippen molar-refractivity contribution in [2.45, 2.75) is 109 Å². The Morgan fingerprint density at radius 2 is 1.42 bits per heavy atom. The summed E-state index contributed by atoms with van der Waals surface area (Å²) in [5, 5.41) is 23.9. The lowest BCUT2D eigenvalue weighted by Gasteiger charge is -2.57.